The van der Waals surface area contributed by atoms with E-state index in [0.717, 1.165) is 0 Å². The van der Waals surface area contributed by atoms with Crippen molar-refractivity contribution in [1.82, 2.24) is 0 Å². The lowest BCUT2D eigenvalue weighted by Crippen LogP contribution is -2.85. The zero-order valence-electron chi connectivity index (χ0n) is 17.7. The molecule has 0 aliphatic carbocycles. The molecular formula is C27H28OSi2. The van der Waals surface area contributed by atoms with Crippen molar-refractivity contribution in [2.75, 3.05) is 6.61 Å². The first kappa shape index (κ1) is 20.5. The lowest BCUT2D eigenvalue weighted by molar-refractivity contribution is 0.350. The van der Waals surface area contributed by atoms with Crippen LogP contribution in [0.3, 0.4) is 0 Å². The Morgan fingerprint density at radius 3 is 1.10 bits per heavy atom. The summed E-state index contributed by atoms with van der Waals surface area (Å²) in [7, 11) is -5.01. The molecule has 3 heteroatoms. The van der Waals surface area contributed by atoms with Gasteiger partial charge in [-0.3, -0.25) is 0 Å². The van der Waals surface area contributed by atoms with Gasteiger partial charge in [0.05, 0.1) is 0 Å². The molecule has 0 aliphatic heterocycles. The van der Waals surface area contributed by atoms with Gasteiger partial charge in [-0.05, 0) is 17.3 Å². The molecule has 1 nitrogen and oxygen atoms in total. The first-order chi connectivity index (χ1) is 14.7. The van der Waals surface area contributed by atoms with Crippen LogP contribution in [0.2, 0.25) is 6.55 Å². The molecule has 4 aromatic rings. The predicted octanol–water partition coefficient (Wildman–Crippen LogP) is 3.75. The highest BCUT2D eigenvalue weighted by Gasteiger charge is 2.58. The predicted molar refractivity (Wildman–Crippen MR) is 133 cm³/mol. The van der Waals surface area contributed by atoms with E-state index in [0.29, 0.717) is 6.61 Å². The molecule has 0 N–H and O–H groups in total. The van der Waals surface area contributed by atoms with Crippen LogP contribution in [0.15, 0.2) is 121 Å². The maximum absolute atomic E-state index is 7.08. The molecule has 0 amide bonds. The Bertz CT molecular complexity index is 972. The van der Waals surface area contributed by atoms with E-state index in [1.165, 1.54) is 20.7 Å². The van der Waals surface area contributed by atoms with E-state index in [4.69, 9.17) is 4.43 Å². The molecule has 0 aliphatic rings. The summed E-state index contributed by atoms with van der Waals surface area (Å²) in [6.45, 7) is 5.34. The molecule has 0 aromatic heterocycles. The quantitative estimate of drug-likeness (QED) is 0.411. The van der Waals surface area contributed by atoms with E-state index >= 15 is 0 Å². The van der Waals surface area contributed by atoms with E-state index in [1.807, 2.05) is 0 Å². The summed E-state index contributed by atoms with van der Waals surface area (Å²) in [6.07, 6.45) is 0. The van der Waals surface area contributed by atoms with Gasteiger partial charge in [0.15, 0.2) is 0 Å². The molecule has 0 radical (unpaired) electrons. The van der Waals surface area contributed by atoms with Crippen molar-refractivity contribution in [3.05, 3.63) is 121 Å². The van der Waals surface area contributed by atoms with Crippen LogP contribution in [0, 0.1) is 0 Å². The Morgan fingerprint density at radius 1 is 0.500 bits per heavy atom. The van der Waals surface area contributed by atoms with Crippen molar-refractivity contribution >= 4 is 36.2 Å². The van der Waals surface area contributed by atoms with Gasteiger partial charge in [0, 0.05) is 6.61 Å². The molecule has 0 unspecified atom stereocenters. The van der Waals surface area contributed by atoms with Gasteiger partial charge >= 0.3 is 0 Å². The molecule has 4 aromatic carbocycles. The number of rotatable bonds is 7. The fourth-order valence-corrected chi connectivity index (χ4v) is 20.7. The summed E-state index contributed by atoms with van der Waals surface area (Å²) < 4.78 is 7.08. The SMILES string of the molecule is CCO[Si](c1ccccc1)(c1ccccc1)[Si](C)(c1ccccc1)c1ccccc1. The van der Waals surface area contributed by atoms with Crippen molar-refractivity contribution in [3.63, 3.8) is 0 Å². The van der Waals surface area contributed by atoms with Crippen LogP contribution in [0.4, 0.5) is 0 Å². The fraction of sp³-hybridized carbons (Fsp3) is 0.111. The number of hydrogen-bond acceptors (Lipinski definition) is 1. The third-order valence-electron chi connectivity index (χ3n) is 6.13. The van der Waals surface area contributed by atoms with Crippen LogP contribution in [0.5, 0.6) is 0 Å². The summed E-state index contributed by atoms with van der Waals surface area (Å²) in [6, 6.07) is 44.1. The zero-order valence-corrected chi connectivity index (χ0v) is 19.7. The van der Waals surface area contributed by atoms with E-state index < -0.39 is 15.4 Å². The molecule has 0 spiro atoms. The molecule has 0 fully saturated rings. The van der Waals surface area contributed by atoms with E-state index in [1.54, 1.807) is 0 Å². The highest BCUT2D eigenvalue weighted by Crippen LogP contribution is 2.22. The van der Waals surface area contributed by atoms with Gasteiger partial charge in [-0.15, -0.1) is 0 Å². The number of benzene rings is 4. The second kappa shape index (κ2) is 8.96. The zero-order chi connectivity index (χ0) is 20.9. The molecule has 0 saturated heterocycles. The van der Waals surface area contributed by atoms with Crippen LogP contribution in [-0.2, 0) is 4.43 Å². The minimum atomic E-state index is -2.64. The largest absolute Gasteiger partial charge is 0.410 e. The molecule has 30 heavy (non-hydrogen) atoms. The molecule has 0 atom stereocenters. The second-order valence-corrected chi connectivity index (χ2v) is 19.0. The highest BCUT2D eigenvalue weighted by molar-refractivity contribution is 7.57. The summed E-state index contributed by atoms with van der Waals surface area (Å²) in [5, 5.41) is 5.54. The second-order valence-electron chi connectivity index (χ2n) is 7.70. The van der Waals surface area contributed by atoms with Gasteiger partial charge in [0.2, 0.25) is 0 Å². The first-order valence-corrected chi connectivity index (χ1v) is 16.0. The molecule has 0 saturated carbocycles. The molecule has 0 bridgehead atoms. The molecule has 150 valence electrons. The lowest BCUT2D eigenvalue weighted by Gasteiger charge is -2.46. The minimum Gasteiger partial charge on any atom is -0.410 e. The standard InChI is InChI=1S/C27H28OSi2/c1-3-28-30(26-20-12-6-13-21-26,27-22-14-7-15-23-27)29(2,24-16-8-4-9-17-24)25-18-10-5-11-19-25/h4-23H,3H2,1-2H3. The van der Waals surface area contributed by atoms with Crippen LogP contribution in [-0.4, -0.2) is 22.0 Å². The summed E-state index contributed by atoms with van der Waals surface area (Å²) >= 11 is 0. The van der Waals surface area contributed by atoms with Gasteiger partial charge in [0.1, 0.15) is 7.59 Å². The maximum Gasteiger partial charge on any atom is 0.250 e. The van der Waals surface area contributed by atoms with Crippen molar-refractivity contribution in [2.45, 2.75) is 13.5 Å². The minimum absolute atomic E-state index is 0.693. The van der Waals surface area contributed by atoms with Crippen molar-refractivity contribution < 1.29 is 4.43 Å². The fourth-order valence-electron chi connectivity index (χ4n) is 4.73. The third-order valence-corrected chi connectivity index (χ3v) is 21.6. The van der Waals surface area contributed by atoms with Crippen LogP contribution < -0.4 is 20.7 Å². The molecular weight excluding hydrogens is 396 g/mol. The maximum atomic E-state index is 7.08. The lowest BCUT2D eigenvalue weighted by atomic mass is 10.4. The smallest absolute Gasteiger partial charge is 0.250 e. The van der Waals surface area contributed by atoms with E-state index in [2.05, 4.69) is 135 Å². The Kier molecular flexibility index (Phi) is 6.14. The Labute approximate surface area is 181 Å². The van der Waals surface area contributed by atoms with Gasteiger partial charge < -0.3 is 4.43 Å². The summed E-state index contributed by atoms with van der Waals surface area (Å²) in [4.78, 5) is 0. The van der Waals surface area contributed by atoms with Gasteiger partial charge in [-0.1, -0.05) is 138 Å². The van der Waals surface area contributed by atoms with Crippen molar-refractivity contribution in [2.24, 2.45) is 0 Å². The van der Waals surface area contributed by atoms with Crippen LogP contribution in [0.25, 0.3) is 0 Å². The van der Waals surface area contributed by atoms with Gasteiger partial charge in [-0.25, -0.2) is 0 Å². The van der Waals surface area contributed by atoms with Crippen LogP contribution >= 0.6 is 0 Å². The number of hydrogen-bond donors (Lipinski definition) is 0. The van der Waals surface area contributed by atoms with Crippen LogP contribution in [0.1, 0.15) is 6.92 Å². The Hall–Kier alpha value is -2.73. The Balaban J connectivity index is 2.14. The average Bonchev–Trinajstić information content (AvgIpc) is 2.84. The summed E-state index contributed by atoms with van der Waals surface area (Å²) in [5.41, 5.74) is 0. The summed E-state index contributed by atoms with van der Waals surface area (Å²) in [5.74, 6) is 0. The first-order valence-electron chi connectivity index (χ1n) is 10.6. The van der Waals surface area contributed by atoms with Crippen molar-refractivity contribution in [1.29, 1.82) is 0 Å². The Morgan fingerprint density at radius 2 is 0.800 bits per heavy atom. The van der Waals surface area contributed by atoms with E-state index in [9.17, 15) is 0 Å². The molecule has 4 rings (SSSR count). The van der Waals surface area contributed by atoms with Gasteiger partial charge in [0.25, 0.3) is 7.83 Å². The highest BCUT2D eigenvalue weighted by atomic mass is 29.3. The monoisotopic (exact) mass is 424 g/mol. The van der Waals surface area contributed by atoms with Crippen molar-refractivity contribution in [3.8, 4) is 0 Å². The topological polar surface area (TPSA) is 9.23 Å². The van der Waals surface area contributed by atoms with E-state index in [-0.39, 0.29) is 0 Å². The average molecular weight is 425 g/mol. The molecule has 0 heterocycles. The normalized spacial score (nSPS) is 11.9. The third kappa shape index (κ3) is 3.39. The van der Waals surface area contributed by atoms with Gasteiger partial charge in [-0.2, -0.15) is 0 Å².